The Hall–Kier alpha value is -1.59. The van der Waals surface area contributed by atoms with Gasteiger partial charge in [-0.05, 0) is 64.2 Å². The van der Waals surface area contributed by atoms with Crippen molar-refractivity contribution in [3.8, 4) is 0 Å². The molecule has 0 aliphatic rings. The SMILES string of the molecule is CCCCCCCCC(CCCCCC)C(=O)OCCCCCCCCCC(CCCCCCCCCOC(=O)C(CCCCCC)CCCCCCCC)OC=O. The van der Waals surface area contributed by atoms with Crippen molar-refractivity contribution < 1.29 is 28.6 Å². The number of esters is 2. The molecule has 6 heteroatoms. The molecule has 0 amide bonds. The fourth-order valence-electron chi connectivity index (χ4n) is 8.39. The molecule has 0 aromatic heterocycles. The largest absolute Gasteiger partial charge is 0.465 e. The van der Waals surface area contributed by atoms with E-state index in [-0.39, 0.29) is 29.9 Å². The van der Waals surface area contributed by atoms with Gasteiger partial charge < -0.3 is 14.2 Å². The number of hydrogen-bond donors (Lipinski definition) is 0. The van der Waals surface area contributed by atoms with E-state index in [0.717, 1.165) is 103 Å². The molecule has 344 valence electrons. The van der Waals surface area contributed by atoms with Gasteiger partial charge >= 0.3 is 11.9 Å². The van der Waals surface area contributed by atoms with Gasteiger partial charge in [0.2, 0.25) is 0 Å². The second kappa shape index (κ2) is 46.5. The summed E-state index contributed by atoms with van der Waals surface area (Å²) in [5.74, 6) is 0.299. The number of carbonyl (C=O) groups excluding carboxylic acids is 3. The summed E-state index contributed by atoms with van der Waals surface area (Å²) in [5.41, 5.74) is 0. The van der Waals surface area contributed by atoms with E-state index in [4.69, 9.17) is 14.2 Å². The van der Waals surface area contributed by atoms with Crippen molar-refractivity contribution in [2.45, 2.75) is 291 Å². The molecule has 0 aromatic carbocycles. The first-order valence-corrected chi connectivity index (χ1v) is 26.0. The Morgan fingerprint density at radius 3 is 0.879 bits per heavy atom. The summed E-state index contributed by atoms with van der Waals surface area (Å²) in [6.07, 6.45) is 46.9. The summed E-state index contributed by atoms with van der Waals surface area (Å²) in [5, 5.41) is 0. The molecule has 58 heavy (non-hydrogen) atoms. The highest BCUT2D eigenvalue weighted by Gasteiger charge is 2.20. The van der Waals surface area contributed by atoms with Crippen molar-refractivity contribution in [2.24, 2.45) is 11.8 Å². The lowest BCUT2D eigenvalue weighted by Crippen LogP contribution is -2.18. The summed E-state index contributed by atoms with van der Waals surface area (Å²) >= 11 is 0. The van der Waals surface area contributed by atoms with Gasteiger partial charge in [-0.2, -0.15) is 0 Å². The standard InChI is InChI=1S/C52H100O6/c1-5-9-13-17-25-33-41-48(39-31-15-11-7-3)51(54)56-45-37-29-23-19-21-27-35-43-50(58-47-53)44-36-28-22-20-24-30-38-46-57-52(55)49(40-32-16-12-8-4)42-34-26-18-14-10-6-2/h47-50H,5-46H2,1-4H3. The van der Waals surface area contributed by atoms with E-state index in [1.807, 2.05) is 0 Å². The normalized spacial score (nSPS) is 13.0. The molecule has 0 aliphatic heterocycles. The van der Waals surface area contributed by atoms with E-state index in [9.17, 15) is 14.4 Å². The molecule has 0 N–H and O–H groups in total. The van der Waals surface area contributed by atoms with E-state index >= 15 is 0 Å². The van der Waals surface area contributed by atoms with Crippen molar-refractivity contribution in [2.75, 3.05) is 13.2 Å². The lowest BCUT2D eigenvalue weighted by atomic mass is 9.94. The maximum Gasteiger partial charge on any atom is 0.308 e. The van der Waals surface area contributed by atoms with Gasteiger partial charge in [0.05, 0.1) is 25.0 Å². The zero-order valence-corrected chi connectivity index (χ0v) is 39.5. The number of unbranched alkanes of at least 4 members (excludes halogenated alkanes) is 28. The van der Waals surface area contributed by atoms with Gasteiger partial charge in [-0.1, -0.05) is 220 Å². The Labute approximate surface area is 361 Å². The second-order valence-corrected chi connectivity index (χ2v) is 17.9. The fourth-order valence-corrected chi connectivity index (χ4v) is 8.39. The average Bonchev–Trinajstić information content (AvgIpc) is 3.22. The van der Waals surface area contributed by atoms with E-state index < -0.39 is 0 Å². The molecule has 0 rings (SSSR count). The first kappa shape index (κ1) is 56.4. The number of rotatable bonds is 48. The van der Waals surface area contributed by atoms with Gasteiger partial charge in [0, 0.05) is 0 Å². The monoisotopic (exact) mass is 821 g/mol. The minimum atomic E-state index is 0.0509. The van der Waals surface area contributed by atoms with Crippen LogP contribution in [0.25, 0.3) is 0 Å². The van der Waals surface area contributed by atoms with Gasteiger partial charge in [-0.25, -0.2) is 0 Å². The fraction of sp³-hybridized carbons (Fsp3) is 0.942. The predicted molar refractivity (Wildman–Crippen MR) is 247 cm³/mol. The second-order valence-electron chi connectivity index (χ2n) is 17.9. The molecule has 2 unspecified atom stereocenters. The lowest BCUT2D eigenvalue weighted by Gasteiger charge is -2.16. The van der Waals surface area contributed by atoms with Crippen molar-refractivity contribution in [3.05, 3.63) is 0 Å². The van der Waals surface area contributed by atoms with Crippen LogP contribution >= 0.6 is 0 Å². The van der Waals surface area contributed by atoms with Gasteiger partial charge in [-0.15, -0.1) is 0 Å². The first-order valence-electron chi connectivity index (χ1n) is 26.0. The Kier molecular flexibility index (Phi) is 45.2. The van der Waals surface area contributed by atoms with Crippen molar-refractivity contribution in [1.29, 1.82) is 0 Å². The quantitative estimate of drug-likeness (QED) is 0.0263. The summed E-state index contributed by atoms with van der Waals surface area (Å²) in [6, 6.07) is 0. The third-order valence-corrected chi connectivity index (χ3v) is 12.4. The first-order chi connectivity index (χ1) is 28.5. The number of ether oxygens (including phenoxy) is 3. The van der Waals surface area contributed by atoms with Crippen molar-refractivity contribution >= 4 is 18.4 Å². The molecule has 0 saturated heterocycles. The maximum atomic E-state index is 12.9. The molecule has 0 heterocycles. The molecular formula is C52H100O6. The molecule has 0 bridgehead atoms. The van der Waals surface area contributed by atoms with Crippen LogP contribution in [-0.2, 0) is 28.6 Å². The van der Waals surface area contributed by atoms with Crippen LogP contribution in [0.2, 0.25) is 0 Å². The van der Waals surface area contributed by atoms with Gasteiger partial charge in [0.15, 0.2) is 0 Å². The Balaban J connectivity index is 3.99. The van der Waals surface area contributed by atoms with E-state index in [1.54, 1.807) is 0 Å². The van der Waals surface area contributed by atoms with Crippen LogP contribution in [0.15, 0.2) is 0 Å². The Morgan fingerprint density at radius 2 is 0.586 bits per heavy atom. The van der Waals surface area contributed by atoms with Crippen LogP contribution < -0.4 is 0 Å². The van der Waals surface area contributed by atoms with Gasteiger partial charge in [-0.3, -0.25) is 14.4 Å². The minimum absolute atomic E-state index is 0.0509. The van der Waals surface area contributed by atoms with Crippen LogP contribution in [0.5, 0.6) is 0 Å². The zero-order valence-electron chi connectivity index (χ0n) is 39.5. The molecule has 0 fully saturated rings. The van der Waals surface area contributed by atoms with E-state index in [0.29, 0.717) is 19.7 Å². The van der Waals surface area contributed by atoms with Crippen molar-refractivity contribution in [1.82, 2.24) is 0 Å². The van der Waals surface area contributed by atoms with Crippen LogP contribution in [0.4, 0.5) is 0 Å². The smallest absolute Gasteiger partial charge is 0.308 e. The highest BCUT2D eigenvalue weighted by Crippen LogP contribution is 2.23. The van der Waals surface area contributed by atoms with Crippen LogP contribution in [-0.4, -0.2) is 37.7 Å². The predicted octanol–water partition coefficient (Wildman–Crippen LogP) is 16.5. The summed E-state index contributed by atoms with van der Waals surface area (Å²) in [7, 11) is 0. The van der Waals surface area contributed by atoms with E-state index in [1.165, 1.54) is 154 Å². The third-order valence-electron chi connectivity index (χ3n) is 12.4. The Bertz CT molecular complexity index is 797. The van der Waals surface area contributed by atoms with Crippen LogP contribution in [0.1, 0.15) is 285 Å². The molecule has 0 spiro atoms. The lowest BCUT2D eigenvalue weighted by molar-refractivity contribution is -0.150. The van der Waals surface area contributed by atoms with Gasteiger partial charge in [0.1, 0.15) is 6.10 Å². The Morgan fingerprint density at radius 1 is 0.345 bits per heavy atom. The molecular weight excluding hydrogens is 721 g/mol. The molecule has 6 nitrogen and oxygen atoms in total. The summed E-state index contributed by atoms with van der Waals surface area (Å²) in [6.45, 7) is 10.8. The van der Waals surface area contributed by atoms with Crippen LogP contribution in [0.3, 0.4) is 0 Å². The molecule has 0 saturated carbocycles. The highest BCUT2D eigenvalue weighted by atomic mass is 16.5. The van der Waals surface area contributed by atoms with Gasteiger partial charge in [0.25, 0.3) is 6.47 Å². The van der Waals surface area contributed by atoms with E-state index in [2.05, 4.69) is 27.7 Å². The van der Waals surface area contributed by atoms with Crippen molar-refractivity contribution in [3.63, 3.8) is 0 Å². The third kappa shape index (κ3) is 38.6. The summed E-state index contributed by atoms with van der Waals surface area (Å²) in [4.78, 5) is 36.9. The minimum Gasteiger partial charge on any atom is -0.465 e. The highest BCUT2D eigenvalue weighted by molar-refractivity contribution is 5.72. The number of carbonyl (C=O) groups is 3. The molecule has 0 aliphatic carbocycles. The molecule has 2 atom stereocenters. The number of hydrogen-bond acceptors (Lipinski definition) is 6. The topological polar surface area (TPSA) is 78.9 Å². The molecule has 0 radical (unpaired) electrons. The summed E-state index contributed by atoms with van der Waals surface area (Å²) < 4.78 is 17.0. The maximum absolute atomic E-state index is 12.9. The molecule has 0 aromatic rings. The van der Waals surface area contributed by atoms with Crippen LogP contribution in [0, 0.1) is 11.8 Å². The average molecular weight is 821 g/mol. The zero-order chi connectivity index (χ0) is 42.4.